The number of urea groups is 1. The van der Waals surface area contributed by atoms with Crippen LogP contribution in [0.3, 0.4) is 0 Å². The highest BCUT2D eigenvalue weighted by Crippen LogP contribution is 2.28. The van der Waals surface area contributed by atoms with E-state index in [-0.39, 0.29) is 18.5 Å². The maximum absolute atomic E-state index is 12.8. The van der Waals surface area contributed by atoms with E-state index >= 15 is 0 Å². The molecule has 3 rings (SSSR count). The fourth-order valence-corrected chi connectivity index (χ4v) is 3.58. The highest BCUT2D eigenvalue weighted by molar-refractivity contribution is 7.10. The van der Waals surface area contributed by atoms with Crippen molar-refractivity contribution in [2.75, 3.05) is 6.54 Å². The van der Waals surface area contributed by atoms with Gasteiger partial charge in [-0.1, -0.05) is 36.4 Å². The molecule has 0 spiro atoms. The van der Waals surface area contributed by atoms with E-state index in [2.05, 4.69) is 10.6 Å². The minimum atomic E-state index is -1.15. The Morgan fingerprint density at radius 1 is 1.24 bits per heavy atom. The van der Waals surface area contributed by atoms with Crippen molar-refractivity contribution < 1.29 is 14.4 Å². The molecule has 25 heavy (non-hydrogen) atoms. The second kappa shape index (κ2) is 6.68. The number of thiophene rings is 1. The minimum Gasteiger partial charge on any atom is -0.347 e. The molecule has 6 nitrogen and oxygen atoms in total. The highest BCUT2D eigenvalue weighted by Gasteiger charge is 2.49. The van der Waals surface area contributed by atoms with Crippen LogP contribution in [-0.2, 0) is 15.1 Å². The van der Waals surface area contributed by atoms with Crippen molar-refractivity contribution in [3.8, 4) is 0 Å². The molecule has 2 atom stereocenters. The Labute approximate surface area is 149 Å². The largest absolute Gasteiger partial charge is 0.347 e. The Kier molecular flexibility index (Phi) is 4.59. The van der Waals surface area contributed by atoms with Gasteiger partial charge >= 0.3 is 6.03 Å². The molecule has 1 aliphatic heterocycles. The molecule has 0 aliphatic carbocycles. The molecule has 2 heterocycles. The van der Waals surface area contributed by atoms with Gasteiger partial charge in [0.1, 0.15) is 12.1 Å². The number of nitrogens with one attached hydrogen (secondary N) is 2. The van der Waals surface area contributed by atoms with Crippen LogP contribution in [0.5, 0.6) is 0 Å². The molecular formula is C18H19N3O3S. The Hall–Kier alpha value is -2.67. The highest BCUT2D eigenvalue weighted by atomic mass is 32.1. The number of hydrogen-bond donors (Lipinski definition) is 2. The number of imide groups is 1. The molecule has 0 unspecified atom stereocenters. The minimum absolute atomic E-state index is 0.172. The molecular weight excluding hydrogens is 338 g/mol. The number of benzene rings is 1. The fraction of sp³-hybridized carbons (Fsp3) is 0.278. The standard InChI is InChI=1S/C18H19N3O3S/c1-12(14-9-6-10-25-14)19-15(22)11-21-16(23)18(2,20-17(21)24)13-7-4-3-5-8-13/h3-10,12H,11H2,1-2H3,(H,19,22)(H,20,24)/t12-,18-/m1/s1. The van der Waals surface area contributed by atoms with E-state index in [1.807, 2.05) is 30.5 Å². The third-order valence-corrected chi connectivity index (χ3v) is 5.33. The number of hydrogen-bond acceptors (Lipinski definition) is 4. The van der Waals surface area contributed by atoms with Gasteiger partial charge in [0.25, 0.3) is 5.91 Å². The lowest BCUT2D eigenvalue weighted by molar-refractivity contribution is -0.135. The average molecular weight is 357 g/mol. The van der Waals surface area contributed by atoms with Gasteiger partial charge in [-0.15, -0.1) is 11.3 Å². The summed E-state index contributed by atoms with van der Waals surface area (Å²) in [5.74, 6) is -0.802. The lowest BCUT2D eigenvalue weighted by Gasteiger charge is -2.22. The molecule has 0 bridgehead atoms. The van der Waals surface area contributed by atoms with Crippen molar-refractivity contribution >= 4 is 29.2 Å². The molecule has 1 saturated heterocycles. The van der Waals surface area contributed by atoms with Crippen molar-refractivity contribution in [2.24, 2.45) is 0 Å². The van der Waals surface area contributed by atoms with Crippen LogP contribution in [0.25, 0.3) is 0 Å². The number of rotatable bonds is 5. The molecule has 1 fully saturated rings. The van der Waals surface area contributed by atoms with Crippen LogP contribution in [0.4, 0.5) is 4.79 Å². The zero-order chi connectivity index (χ0) is 18.0. The molecule has 2 N–H and O–H groups in total. The zero-order valence-corrected chi connectivity index (χ0v) is 14.8. The quantitative estimate of drug-likeness (QED) is 0.807. The summed E-state index contributed by atoms with van der Waals surface area (Å²) in [6.45, 7) is 3.21. The normalized spacial score (nSPS) is 21.1. The van der Waals surface area contributed by atoms with E-state index in [0.29, 0.717) is 5.56 Å². The third kappa shape index (κ3) is 3.28. The van der Waals surface area contributed by atoms with Gasteiger partial charge in [0.05, 0.1) is 6.04 Å². The van der Waals surface area contributed by atoms with E-state index in [1.54, 1.807) is 31.2 Å². The first-order chi connectivity index (χ1) is 11.9. The molecule has 1 aromatic heterocycles. The second-order valence-corrected chi connectivity index (χ2v) is 7.10. The van der Waals surface area contributed by atoms with Gasteiger partial charge in [0.2, 0.25) is 5.91 Å². The SMILES string of the molecule is C[C@@H](NC(=O)CN1C(=O)N[C@](C)(c2ccccc2)C1=O)c1cccs1. The number of amides is 4. The lowest BCUT2D eigenvalue weighted by atomic mass is 9.92. The molecule has 0 radical (unpaired) electrons. The third-order valence-electron chi connectivity index (χ3n) is 4.28. The predicted octanol–water partition coefficient (Wildman–Crippen LogP) is 2.39. The topological polar surface area (TPSA) is 78.5 Å². The van der Waals surface area contributed by atoms with Gasteiger partial charge in [-0.2, -0.15) is 0 Å². The maximum Gasteiger partial charge on any atom is 0.325 e. The summed E-state index contributed by atoms with van der Waals surface area (Å²) >= 11 is 1.54. The first-order valence-corrected chi connectivity index (χ1v) is 8.82. The second-order valence-electron chi connectivity index (χ2n) is 6.12. The fourth-order valence-electron chi connectivity index (χ4n) is 2.85. The molecule has 1 aromatic carbocycles. The molecule has 7 heteroatoms. The maximum atomic E-state index is 12.8. The van der Waals surface area contributed by atoms with Crippen molar-refractivity contribution in [1.29, 1.82) is 0 Å². The van der Waals surface area contributed by atoms with E-state index in [1.165, 1.54) is 11.3 Å². The van der Waals surface area contributed by atoms with Gasteiger partial charge in [-0.25, -0.2) is 4.79 Å². The molecule has 0 saturated carbocycles. The van der Waals surface area contributed by atoms with E-state index < -0.39 is 17.5 Å². The van der Waals surface area contributed by atoms with E-state index in [0.717, 1.165) is 9.78 Å². The van der Waals surface area contributed by atoms with Crippen LogP contribution < -0.4 is 10.6 Å². The summed E-state index contributed by atoms with van der Waals surface area (Å²) in [5, 5.41) is 7.44. The Balaban J connectivity index is 1.70. The van der Waals surface area contributed by atoms with Gasteiger partial charge < -0.3 is 10.6 Å². The Morgan fingerprint density at radius 3 is 2.60 bits per heavy atom. The van der Waals surface area contributed by atoms with E-state index in [9.17, 15) is 14.4 Å². The molecule has 2 aromatic rings. The van der Waals surface area contributed by atoms with Crippen LogP contribution in [0.1, 0.15) is 30.3 Å². The van der Waals surface area contributed by atoms with Gasteiger partial charge in [0.15, 0.2) is 0 Å². The van der Waals surface area contributed by atoms with Crippen molar-refractivity contribution in [2.45, 2.75) is 25.4 Å². The summed E-state index contributed by atoms with van der Waals surface area (Å²) in [4.78, 5) is 39.2. The zero-order valence-electron chi connectivity index (χ0n) is 14.0. The summed E-state index contributed by atoms with van der Waals surface area (Å²) in [5.41, 5.74) is -0.471. The summed E-state index contributed by atoms with van der Waals surface area (Å²) < 4.78 is 0. The van der Waals surface area contributed by atoms with E-state index in [4.69, 9.17) is 0 Å². The lowest BCUT2D eigenvalue weighted by Crippen LogP contribution is -2.43. The van der Waals surface area contributed by atoms with Crippen molar-refractivity contribution in [3.05, 3.63) is 58.3 Å². The average Bonchev–Trinajstić information content (AvgIpc) is 3.20. The van der Waals surface area contributed by atoms with Crippen molar-refractivity contribution in [1.82, 2.24) is 15.5 Å². The monoisotopic (exact) mass is 357 g/mol. The number of carbonyl (C=O) groups is 3. The van der Waals surface area contributed by atoms with Crippen LogP contribution in [0, 0.1) is 0 Å². The van der Waals surface area contributed by atoms with Crippen LogP contribution in [0.15, 0.2) is 47.8 Å². The first kappa shape index (κ1) is 17.2. The molecule has 130 valence electrons. The molecule has 1 aliphatic rings. The van der Waals surface area contributed by atoms with Gasteiger partial charge in [-0.05, 0) is 30.9 Å². The van der Waals surface area contributed by atoms with Crippen molar-refractivity contribution in [3.63, 3.8) is 0 Å². The Bertz CT molecular complexity index is 791. The Morgan fingerprint density at radius 2 is 1.96 bits per heavy atom. The summed E-state index contributed by atoms with van der Waals surface area (Å²) in [6.07, 6.45) is 0. The van der Waals surface area contributed by atoms with Crippen LogP contribution in [0.2, 0.25) is 0 Å². The number of nitrogens with zero attached hydrogens (tertiary/aromatic N) is 1. The molecule has 4 amide bonds. The van der Waals surface area contributed by atoms with Crippen LogP contribution in [-0.4, -0.2) is 29.3 Å². The summed E-state index contributed by atoms with van der Waals surface area (Å²) in [6, 6.07) is 12.1. The van der Waals surface area contributed by atoms with Gasteiger partial charge in [0, 0.05) is 4.88 Å². The summed E-state index contributed by atoms with van der Waals surface area (Å²) in [7, 11) is 0. The predicted molar refractivity (Wildman–Crippen MR) is 94.9 cm³/mol. The first-order valence-electron chi connectivity index (χ1n) is 7.94. The number of carbonyl (C=O) groups excluding carboxylic acids is 3. The van der Waals surface area contributed by atoms with Crippen LogP contribution >= 0.6 is 11.3 Å². The van der Waals surface area contributed by atoms with Gasteiger partial charge in [-0.3, -0.25) is 14.5 Å². The smallest absolute Gasteiger partial charge is 0.325 e.